The molecule has 4 nitrogen and oxygen atoms in total. The maximum absolute atomic E-state index is 14.7. The largest absolute Gasteiger partial charge is 0.460 e. The van der Waals surface area contributed by atoms with Crippen molar-refractivity contribution >= 4 is 24.3 Å². The number of hydrogen-bond acceptors (Lipinski definition) is 0. The van der Waals surface area contributed by atoms with Gasteiger partial charge in [-0.15, -0.1) is 0 Å². The molecule has 0 radical (unpaired) electrons. The Morgan fingerprint density at radius 3 is 1.47 bits per heavy atom. The van der Waals surface area contributed by atoms with Gasteiger partial charge in [-0.1, -0.05) is 0 Å². The molecule has 0 fully saturated rings. The summed E-state index contributed by atoms with van der Waals surface area (Å²) < 4.78 is 95.5. The SMILES string of the molecule is FC(F)(F)C(F)(F)C(F)(F)c1cc2[nH]c1/C=c1/cc/c([nH]1)=C/c1ccc([nH]1)/C=c1/cc/c([nH]1)=C/2. The number of halogens is 7. The van der Waals surface area contributed by atoms with Crippen molar-refractivity contribution in [2.75, 3.05) is 0 Å². The average Bonchev–Trinajstić information content (AvgIpc) is 3.51. The molecule has 4 aromatic heterocycles. The van der Waals surface area contributed by atoms with E-state index in [0.717, 1.165) is 17.5 Å². The van der Waals surface area contributed by atoms with Gasteiger partial charge in [-0.2, -0.15) is 30.7 Å². The predicted octanol–water partition coefficient (Wildman–Crippen LogP) is 2.92. The molecule has 0 unspecified atom stereocenters. The third kappa shape index (κ3) is 3.66. The van der Waals surface area contributed by atoms with Gasteiger partial charge < -0.3 is 19.9 Å². The highest BCUT2D eigenvalue weighted by Crippen LogP contribution is 2.52. The zero-order chi connectivity index (χ0) is 24.3. The molecule has 11 heteroatoms. The molecule has 0 atom stereocenters. The minimum absolute atomic E-state index is 0.0834. The van der Waals surface area contributed by atoms with Crippen molar-refractivity contribution in [2.45, 2.75) is 18.0 Å². The number of alkyl halides is 7. The van der Waals surface area contributed by atoms with E-state index in [9.17, 15) is 30.7 Å². The third-order valence-electron chi connectivity index (χ3n) is 5.38. The van der Waals surface area contributed by atoms with Gasteiger partial charge in [-0.05, 0) is 66.8 Å². The third-order valence-corrected chi connectivity index (χ3v) is 5.38. The minimum atomic E-state index is -6.45. The molecule has 1 aliphatic rings. The first-order valence-corrected chi connectivity index (χ1v) is 9.94. The Bertz CT molecular complexity index is 1610. The summed E-state index contributed by atoms with van der Waals surface area (Å²) >= 11 is 0. The Morgan fingerprint density at radius 2 is 0.971 bits per heavy atom. The highest BCUT2D eigenvalue weighted by Gasteiger charge is 2.74. The van der Waals surface area contributed by atoms with Crippen molar-refractivity contribution in [3.8, 4) is 0 Å². The zero-order valence-electron chi connectivity index (χ0n) is 17.0. The second-order valence-corrected chi connectivity index (χ2v) is 7.88. The molecule has 0 saturated heterocycles. The van der Waals surface area contributed by atoms with E-state index in [2.05, 4.69) is 19.9 Å². The van der Waals surface area contributed by atoms with Crippen molar-refractivity contribution in [1.29, 1.82) is 0 Å². The highest BCUT2D eigenvalue weighted by molar-refractivity contribution is 5.59. The molecule has 0 saturated carbocycles. The van der Waals surface area contributed by atoms with Gasteiger partial charge in [0.25, 0.3) is 0 Å². The van der Waals surface area contributed by atoms with E-state index in [0.29, 0.717) is 22.1 Å². The molecule has 0 amide bonds. The molecular weight excluding hydrogens is 465 g/mol. The predicted molar refractivity (Wildman–Crippen MR) is 111 cm³/mol. The van der Waals surface area contributed by atoms with Crippen molar-refractivity contribution in [1.82, 2.24) is 19.9 Å². The summed E-state index contributed by atoms with van der Waals surface area (Å²) in [6.07, 6.45) is -0.540. The lowest BCUT2D eigenvalue weighted by molar-refractivity contribution is -0.359. The van der Waals surface area contributed by atoms with Crippen LogP contribution in [-0.4, -0.2) is 32.0 Å². The van der Waals surface area contributed by atoms with Gasteiger partial charge in [-0.3, -0.25) is 0 Å². The quantitative estimate of drug-likeness (QED) is 0.281. The van der Waals surface area contributed by atoms with Gasteiger partial charge in [0.05, 0.1) is 11.3 Å². The standard InChI is InChI=1S/C23H15F7N4/c24-21(25,22(26,27)23(28,29)30)19-10-18-9-16-4-3-14(32-16)7-12-1-2-13(31-12)8-15-5-6-17(33-15)11-20(19)34-18/h1-11,31-34H/b12-7?,13-8?,14-7-,15-8-,16-9-,17-11-,18-9?,20-11?. The van der Waals surface area contributed by atoms with E-state index in [-0.39, 0.29) is 11.0 Å². The summed E-state index contributed by atoms with van der Waals surface area (Å²) in [5.41, 5.74) is -0.633. The Morgan fingerprint density at radius 1 is 0.500 bits per heavy atom. The number of fused-ring (bicyclic) bond motifs is 8. The topological polar surface area (TPSA) is 63.2 Å². The zero-order valence-corrected chi connectivity index (χ0v) is 17.0. The van der Waals surface area contributed by atoms with E-state index in [1.807, 2.05) is 12.1 Å². The van der Waals surface area contributed by atoms with Crippen LogP contribution in [-0.2, 0) is 5.92 Å². The summed E-state index contributed by atoms with van der Waals surface area (Å²) in [5, 5.41) is 1.85. The number of aromatic nitrogens is 4. The van der Waals surface area contributed by atoms with E-state index in [1.165, 1.54) is 12.1 Å². The summed E-state index contributed by atoms with van der Waals surface area (Å²) in [6, 6.07) is 10.7. The number of H-pyrrole nitrogens is 4. The molecule has 5 heterocycles. The van der Waals surface area contributed by atoms with Gasteiger partial charge in [-0.25, -0.2) is 0 Å². The van der Waals surface area contributed by atoms with Crippen molar-refractivity contribution in [3.05, 3.63) is 92.2 Å². The molecule has 5 rings (SSSR count). The molecule has 0 aliphatic carbocycles. The summed E-state index contributed by atoms with van der Waals surface area (Å²) in [5.74, 6) is -11.8. The minimum Gasteiger partial charge on any atom is -0.355 e. The molecular formula is C23H15F7N4. The van der Waals surface area contributed by atoms with Crippen LogP contribution in [0.5, 0.6) is 0 Å². The van der Waals surface area contributed by atoms with Crippen molar-refractivity contribution < 1.29 is 30.7 Å². The fourth-order valence-electron chi connectivity index (χ4n) is 3.74. The maximum atomic E-state index is 14.7. The van der Waals surface area contributed by atoms with Crippen LogP contribution in [0.25, 0.3) is 24.3 Å². The molecule has 0 aromatic carbocycles. The van der Waals surface area contributed by atoms with Gasteiger partial charge in [0.2, 0.25) is 0 Å². The van der Waals surface area contributed by atoms with Gasteiger partial charge in [0.15, 0.2) is 0 Å². The van der Waals surface area contributed by atoms with E-state index >= 15 is 0 Å². The van der Waals surface area contributed by atoms with Crippen LogP contribution < -0.4 is 21.4 Å². The molecule has 1 aliphatic heterocycles. The monoisotopic (exact) mass is 480 g/mol. The fourth-order valence-corrected chi connectivity index (χ4v) is 3.74. The van der Waals surface area contributed by atoms with Crippen LogP contribution in [0, 0.1) is 0 Å². The van der Waals surface area contributed by atoms with Crippen LogP contribution in [0.15, 0.2) is 42.5 Å². The van der Waals surface area contributed by atoms with Crippen LogP contribution in [0.1, 0.15) is 28.3 Å². The number of rotatable bonds is 2. The van der Waals surface area contributed by atoms with Crippen LogP contribution in [0.2, 0.25) is 0 Å². The number of hydrogen-bond donors (Lipinski definition) is 4. The highest BCUT2D eigenvalue weighted by atomic mass is 19.4. The van der Waals surface area contributed by atoms with Crippen molar-refractivity contribution in [2.24, 2.45) is 0 Å². The lowest BCUT2D eigenvalue weighted by Gasteiger charge is -2.28. The second kappa shape index (κ2) is 7.31. The molecule has 8 bridgehead atoms. The van der Waals surface area contributed by atoms with E-state index in [4.69, 9.17) is 0 Å². The molecule has 4 aromatic rings. The first-order valence-electron chi connectivity index (χ1n) is 9.94. The first kappa shape index (κ1) is 21.9. The van der Waals surface area contributed by atoms with Gasteiger partial charge >= 0.3 is 18.0 Å². The van der Waals surface area contributed by atoms with Crippen LogP contribution in [0.4, 0.5) is 30.7 Å². The Labute approximate surface area is 185 Å². The van der Waals surface area contributed by atoms with Gasteiger partial charge in [0, 0.05) is 38.5 Å². The van der Waals surface area contributed by atoms with Crippen molar-refractivity contribution in [3.63, 3.8) is 0 Å². The Balaban J connectivity index is 1.78. The van der Waals surface area contributed by atoms with Crippen LogP contribution >= 0.6 is 0 Å². The van der Waals surface area contributed by atoms with E-state index < -0.39 is 29.3 Å². The molecule has 4 N–H and O–H groups in total. The fraction of sp³-hybridized carbons (Fsp3) is 0.130. The molecule has 0 spiro atoms. The van der Waals surface area contributed by atoms with E-state index in [1.54, 1.807) is 30.4 Å². The Kier molecular flexibility index (Phi) is 4.71. The Hall–Kier alpha value is -3.89. The summed E-state index contributed by atoms with van der Waals surface area (Å²) in [6.45, 7) is 0. The molecule has 176 valence electrons. The second-order valence-electron chi connectivity index (χ2n) is 7.88. The maximum Gasteiger partial charge on any atom is 0.460 e. The average molecular weight is 480 g/mol. The number of aromatic amines is 4. The smallest absolute Gasteiger partial charge is 0.355 e. The first-order chi connectivity index (χ1) is 15.9. The van der Waals surface area contributed by atoms with Crippen LogP contribution in [0.3, 0.4) is 0 Å². The lowest BCUT2D eigenvalue weighted by Crippen LogP contribution is -2.50. The summed E-state index contributed by atoms with van der Waals surface area (Å²) in [7, 11) is 0. The number of nitrogens with one attached hydrogen (secondary N) is 4. The molecule has 34 heavy (non-hydrogen) atoms. The normalized spacial score (nSPS) is 18.1. The summed E-state index contributed by atoms with van der Waals surface area (Å²) in [4.78, 5) is 11.6. The lowest BCUT2D eigenvalue weighted by atomic mass is 10.0. The van der Waals surface area contributed by atoms with Gasteiger partial charge in [0.1, 0.15) is 0 Å².